The van der Waals surface area contributed by atoms with Crippen molar-refractivity contribution in [2.45, 2.75) is 40.0 Å². The predicted octanol–water partition coefficient (Wildman–Crippen LogP) is 2.28. The summed E-state index contributed by atoms with van der Waals surface area (Å²) in [4.78, 5) is 39.3. The van der Waals surface area contributed by atoms with Crippen LogP contribution in [0.1, 0.15) is 58.3 Å². The molecule has 1 heterocycles. The third-order valence-corrected chi connectivity index (χ3v) is 5.08. The predicted molar refractivity (Wildman–Crippen MR) is 101 cm³/mol. The van der Waals surface area contributed by atoms with Crippen molar-refractivity contribution in [1.82, 2.24) is 9.47 Å². The summed E-state index contributed by atoms with van der Waals surface area (Å²) in [6, 6.07) is 0. The second-order valence-electron chi connectivity index (χ2n) is 6.99. The van der Waals surface area contributed by atoms with E-state index >= 15 is 0 Å². The van der Waals surface area contributed by atoms with Gasteiger partial charge in [-0.3, -0.25) is 9.59 Å². The van der Waals surface area contributed by atoms with E-state index in [2.05, 4.69) is 0 Å². The van der Waals surface area contributed by atoms with Gasteiger partial charge in [0.2, 0.25) is 5.91 Å². The number of hydrogen-bond donors (Lipinski definition) is 0. The highest BCUT2D eigenvalue weighted by molar-refractivity contribution is 6.04. The number of carbonyl (C=O) groups excluding carboxylic acids is 3. The molecule has 7 heteroatoms. The van der Waals surface area contributed by atoms with E-state index in [0.29, 0.717) is 48.7 Å². The van der Waals surface area contributed by atoms with Crippen LogP contribution < -0.4 is 0 Å². The molecule has 7 nitrogen and oxygen atoms in total. The minimum Gasteiger partial charge on any atom is -0.464 e. The molecule has 0 radical (unpaired) electrons. The van der Waals surface area contributed by atoms with Gasteiger partial charge in [0.05, 0.1) is 13.7 Å². The molecule has 0 atom stereocenters. The molecule has 0 N–H and O–H groups in total. The molecule has 0 unspecified atom stereocenters. The first-order chi connectivity index (χ1) is 12.8. The summed E-state index contributed by atoms with van der Waals surface area (Å²) in [6.45, 7) is 7.19. The number of amides is 1. The van der Waals surface area contributed by atoms with Crippen LogP contribution in [0, 0.1) is 19.8 Å². The zero-order chi connectivity index (χ0) is 20.1. The Morgan fingerprint density at radius 3 is 2.44 bits per heavy atom. The van der Waals surface area contributed by atoms with Crippen LogP contribution >= 0.6 is 0 Å². The smallest absolute Gasteiger partial charge is 0.354 e. The topological polar surface area (TPSA) is 77.8 Å². The van der Waals surface area contributed by atoms with Crippen molar-refractivity contribution >= 4 is 17.7 Å². The molecule has 1 aliphatic carbocycles. The Hall–Kier alpha value is -2.15. The Labute approximate surface area is 160 Å². The molecule has 150 valence electrons. The second kappa shape index (κ2) is 9.17. The molecule has 0 saturated heterocycles. The van der Waals surface area contributed by atoms with E-state index in [0.717, 1.165) is 12.8 Å². The number of ether oxygens (including phenoxy) is 2. The number of aromatic nitrogens is 1. The number of carbonyl (C=O) groups is 3. The number of ketones is 1. The van der Waals surface area contributed by atoms with Crippen LogP contribution in [0.15, 0.2) is 0 Å². The highest BCUT2D eigenvalue weighted by atomic mass is 16.5. The van der Waals surface area contributed by atoms with E-state index in [-0.39, 0.29) is 24.2 Å². The lowest BCUT2D eigenvalue weighted by molar-refractivity contribution is -0.132. The maximum absolute atomic E-state index is 13.0. The van der Waals surface area contributed by atoms with Gasteiger partial charge in [0.25, 0.3) is 0 Å². The number of esters is 1. The van der Waals surface area contributed by atoms with Crippen molar-refractivity contribution in [2.75, 3.05) is 33.4 Å². The van der Waals surface area contributed by atoms with Crippen LogP contribution in [0.5, 0.6) is 0 Å². The van der Waals surface area contributed by atoms with Crippen molar-refractivity contribution < 1.29 is 23.9 Å². The van der Waals surface area contributed by atoms with E-state index in [4.69, 9.17) is 9.47 Å². The molecular weight excluding hydrogens is 348 g/mol. The van der Waals surface area contributed by atoms with Crippen LogP contribution in [-0.2, 0) is 21.3 Å². The normalized spacial score (nSPS) is 13.5. The highest BCUT2D eigenvalue weighted by Crippen LogP contribution is 2.31. The van der Waals surface area contributed by atoms with Crippen molar-refractivity contribution in [3.05, 3.63) is 22.5 Å². The van der Waals surface area contributed by atoms with Crippen LogP contribution in [-0.4, -0.2) is 60.5 Å². The van der Waals surface area contributed by atoms with E-state index in [1.54, 1.807) is 30.4 Å². The number of methoxy groups -OCH3 is 1. The Bertz CT molecular complexity index is 718. The molecule has 0 aromatic carbocycles. The third-order valence-electron chi connectivity index (χ3n) is 5.08. The van der Waals surface area contributed by atoms with Crippen LogP contribution in [0.2, 0.25) is 0 Å². The Morgan fingerprint density at radius 1 is 1.22 bits per heavy atom. The summed E-state index contributed by atoms with van der Waals surface area (Å²) >= 11 is 0. The largest absolute Gasteiger partial charge is 0.464 e. The number of nitrogens with zero attached hydrogens (tertiary/aromatic N) is 2. The first-order valence-electron chi connectivity index (χ1n) is 9.47. The SMILES string of the molecule is CCOCCCN(CC(=O)c1c(C)c(C(=O)OC)n(C)c1C)C(=O)C1CC1. The number of hydrogen-bond acceptors (Lipinski definition) is 5. The minimum atomic E-state index is -0.472. The van der Waals surface area contributed by atoms with Gasteiger partial charge in [-0.2, -0.15) is 0 Å². The van der Waals surface area contributed by atoms with Gasteiger partial charge in [0.1, 0.15) is 5.69 Å². The van der Waals surface area contributed by atoms with Gasteiger partial charge in [0.15, 0.2) is 5.78 Å². The third kappa shape index (κ3) is 4.77. The molecule has 0 bridgehead atoms. The number of rotatable bonds is 10. The monoisotopic (exact) mass is 378 g/mol. The molecule has 27 heavy (non-hydrogen) atoms. The summed E-state index contributed by atoms with van der Waals surface area (Å²) in [6.07, 6.45) is 2.48. The summed E-state index contributed by atoms with van der Waals surface area (Å²) in [5.41, 5.74) is 2.16. The average molecular weight is 378 g/mol. The van der Waals surface area contributed by atoms with Gasteiger partial charge >= 0.3 is 5.97 Å². The molecular formula is C20H30N2O5. The zero-order valence-electron chi connectivity index (χ0n) is 17.0. The number of Topliss-reactive ketones (excluding diaryl/α,β-unsaturated/α-hetero) is 1. The van der Waals surface area contributed by atoms with Crippen molar-refractivity contribution in [3.8, 4) is 0 Å². The maximum atomic E-state index is 13.0. The second-order valence-corrected chi connectivity index (χ2v) is 6.99. The molecule has 2 rings (SSSR count). The van der Waals surface area contributed by atoms with Crippen LogP contribution in [0.25, 0.3) is 0 Å². The Balaban J connectivity index is 2.19. The van der Waals surface area contributed by atoms with Gasteiger partial charge in [-0.05, 0) is 45.6 Å². The first-order valence-corrected chi connectivity index (χ1v) is 9.47. The Kier molecular flexibility index (Phi) is 7.18. The lowest BCUT2D eigenvalue weighted by Crippen LogP contribution is -2.38. The molecule has 1 aromatic rings. The van der Waals surface area contributed by atoms with Gasteiger partial charge in [-0.15, -0.1) is 0 Å². The lowest BCUT2D eigenvalue weighted by Gasteiger charge is -2.22. The molecule has 1 saturated carbocycles. The van der Waals surface area contributed by atoms with E-state index in [1.807, 2.05) is 6.92 Å². The van der Waals surface area contributed by atoms with Gasteiger partial charge in [-0.1, -0.05) is 0 Å². The van der Waals surface area contributed by atoms with Crippen LogP contribution in [0.3, 0.4) is 0 Å². The molecule has 1 aliphatic rings. The lowest BCUT2D eigenvalue weighted by atomic mass is 10.0. The fourth-order valence-electron chi connectivity index (χ4n) is 3.38. The molecule has 0 aliphatic heterocycles. The van der Waals surface area contributed by atoms with Crippen molar-refractivity contribution in [1.29, 1.82) is 0 Å². The molecule has 0 spiro atoms. The van der Waals surface area contributed by atoms with E-state index < -0.39 is 5.97 Å². The summed E-state index contributed by atoms with van der Waals surface area (Å²) in [5.74, 6) is -0.534. The summed E-state index contributed by atoms with van der Waals surface area (Å²) in [7, 11) is 3.06. The van der Waals surface area contributed by atoms with Crippen LogP contribution in [0.4, 0.5) is 0 Å². The van der Waals surface area contributed by atoms with E-state index in [9.17, 15) is 14.4 Å². The van der Waals surface area contributed by atoms with Gasteiger partial charge in [0, 0.05) is 44.0 Å². The zero-order valence-corrected chi connectivity index (χ0v) is 17.0. The van der Waals surface area contributed by atoms with Crippen molar-refractivity contribution in [2.24, 2.45) is 13.0 Å². The maximum Gasteiger partial charge on any atom is 0.354 e. The highest BCUT2D eigenvalue weighted by Gasteiger charge is 2.35. The van der Waals surface area contributed by atoms with Crippen molar-refractivity contribution in [3.63, 3.8) is 0 Å². The first kappa shape index (κ1) is 21.2. The minimum absolute atomic E-state index is 0.0216. The Morgan fingerprint density at radius 2 is 1.89 bits per heavy atom. The quantitative estimate of drug-likeness (QED) is 0.355. The summed E-state index contributed by atoms with van der Waals surface area (Å²) in [5, 5.41) is 0. The molecule has 1 fully saturated rings. The molecule has 1 amide bonds. The van der Waals surface area contributed by atoms with Gasteiger partial charge < -0.3 is 18.9 Å². The standard InChI is InChI=1S/C20H30N2O5/c1-6-27-11-7-10-22(19(24)15-8-9-15)12-16(23)17-13(2)18(20(25)26-5)21(4)14(17)3/h15H,6-12H2,1-5H3. The average Bonchev–Trinajstić information content (AvgIpc) is 3.45. The van der Waals surface area contributed by atoms with E-state index in [1.165, 1.54) is 7.11 Å². The fraction of sp³-hybridized carbons (Fsp3) is 0.650. The summed E-state index contributed by atoms with van der Waals surface area (Å²) < 4.78 is 11.9. The van der Waals surface area contributed by atoms with Gasteiger partial charge in [-0.25, -0.2) is 4.79 Å². The molecule has 1 aromatic heterocycles. The fourth-order valence-corrected chi connectivity index (χ4v) is 3.38.